The molecule has 0 spiro atoms. The first-order chi connectivity index (χ1) is 8.45. The fraction of sp³-hybridized carbons (Fsp3) is 0.333. The van der Waals surface area contributed by atoms with Crippen LogP contribution in [-0.4, -0.2) is 23.0 Å². The van der Waals surface area contributed by atoms with E-state index in [-0.39, 0.29) is 10.6 Å². The smallest absolute Gasteiger partial charge is 0.326 e. The summed E-state index contributed by atoms with van der Waals surface area (Å²) in [5.41, 5.74) is 0.0559. The van der Waals surface area contributed by atoms with Gasteiger partial charge in [-0.25, -0.2) is 9.18 Å². The molecule has 18 heavy (non-hydrogen) atoms. The summed E-state index contributed by atoms with van der Waals surface area (Å²) < 4.78 is 12.8. The third-order valence-corrected chi connectivity index (χ3v) is 2.67. The molecular weight excluding hydrogens is 261 g/mol. The van der Waals surface area contributed by atoms with Crippen molar-refractivity contribution in [1.82, 2.24) is 5.32 Å². The third kappa shape index (κ3) is 3.70. The molecule has 0 aliphatic carbocycles. The summed E-state index contributed by atoms with van der Waals surface area (Å²) in [6, 6.07) is 2.35. The number of hydrogen-bond acceptors (Lipinski definition) is 2. The van der Waals surface area contributed by atoms with Crippen molar-refractivity contribution >= 4 is 23.5 Å². The number of carboxylic acid groups (broad SMARTS) is 1. The molecule has 0 unspecified atom stereocenters. The van der Waals surface area contributed by atoms with Crippen LogP contribution in [0, 0.1) is 5.82 Å². The van der Waals surface area contributed by atoms with E-state index >= 15 is 0 Å². The normalized spacial score (nSPS) is 11.9. The summed E-state index contributed by atoms with van der Waals surface area (Å²) in [7, 11) is 0. The molecule has 1 atom stereocenters. The maximum absolute atomic E-state index is 12.8. The van der Waals surface area contributed by atoms with Crippen LogP contribution in [0.15, 0.2) is 18.2 Å². The lowest BCUT2D eigenvalue weighted by Gasteiger charge is -2.14. The van der Waals surface area contributed by atoms with Gasteiger partial charge in [-0.05, 0) is 24.6 Å². The van der Waals surface area contributed by atoms with E-state index in [1.165, 1.54) is 6.07 Å². The fourth-order valence-corrected chi connectivity index (χ4v) is 1.71. The SMILES string of the molecule is CCC[C@H](NC(=O)c1ccc(F)cc1Cl)C(=O)O. The van der Waals surface area contributed by atoms with E-state index in [9.17, 15) is 14.0 Å². The lowest BCUT2D eigenvalue weighted by molar-refractivity contribution is -0.139. The fourth-order valence-electron chi connectivity index (χ4n) is 1.46. The molecule has 1 amide bonds. The molecule has 0 heterocycles. The number of hydrogen-bond donors (Lipinski definition) is 2. The van der Waals surface area contributed by atoms with Crippen LogP contribution in [-0.2, 0) is 4.79 Å². The molecule has 0 bridgehead atoms. The average Bonchev–Trinajstić information content (AvgIpc) is 2.27. The second-order valence-corrected chi connectivity index (χ2v) is 4.18. The largest absolute Gasteiger partial charge is 0.480 e. The Morgan fingerprint density at radius 3 is 2.67 bits per heavy atom. The molecule has 4 nitrogen and oxygen atoms in total. The van der Waals surface area contributed by atoms with E-state index in [1.807, 2.05) is 6.92 Å². The molecule has 0 aromatic heterocycles. The summed E-state index contributed by atoms with van der Waals surface area (Å²) in [6.07, 6.45) is 0.939. The van der Waals surface area contributed by atoms with Gasteiger partial charge < -0.3 is 10.4 Å². The zero-order valence-corrected chi connectivity index (χ0v) is 10.5. The molecule has 0 saturated heterocycles. The molecular formula is C12H13ClFNO3. The van der Waals surface area contributed by atoms with Crippen LogP contribution >= 0.6 is 11.6 Å². The summed E-state index contributed by atoms with van der Waals surface area (Å²) in [5.74, 6) is -2.29. The van der Waals surface area contributed by atoms with Gasteiger partial charge in [0.25, 0.3) is 5.91 Å². The Morgan fingerprint density at radius 2 is 2.17 bits per heavy atom. The van der Waals surface area contributed by atoms with E-state index < -0.39 is 23.7 Å². The highest BCUT2D eigenvalue weighted by Gasteiger charge is 2.20. The molecule has 1 rings (SSSR count). The van der Waals surface area contributed by atoms with E-state index in [2.05, 4.69) is 5.32 Å². The first-order valence-electron chi connectivity index (χ1n) is 5.44. The van der Waals surface area contributed by atoms with Crippen LogP contribution in [0.4, 0.5) is 4.39 Å². The van der Waals surface area contributed by atoms with Gasteiger partial charge in [0.15, 0.2) is 0 Å². The number of rotatable bonds is 5. The van der Waals surface area contributed by atoms with E-state index in [0.717, 1.165) is 12.1 Å². The summed E-state index contributed by atoms with van der Waals surface area (Å²) in [5, 5.41) is 11.2. The predicted octanol–water partition coefficient (Wildman–Crippen LogP) is 2.46. The van der Waals surface area contributed by atoms with Crippen molar-refractivity contribution in [3.8, 4) is 0 Å². The van der Waals surface area contributed by atoms with Crippen molar-refractivity contribution in [1.29, 1.82) is 0 Å². The first-order valence-corrected chi connectivity index (χ1v) is 5.82. The van der Waals surface area contributed by atoms with Crippen LogP contribution in [0.3, 0.4) is 0 Å². The lowest BCUT2D eigenvalue weighted by Crippen LogP contribution is -2.40. The molecule has 0 radical (unpaired) electrons. The highest BCUT2D eigenvalue weighted by atomic mass is 35.5. The minimum Gasteiger partial charge on any atom is -0.480 e. The molecule has 0 aliphatic rings. The van der Waals surface area contributed by atoms with Crippen molar-refractivity contribution < 1.29 is 19.1 Å². The van der Waals surface area contributed by atoms with Gasteiger partial charge in [0, 0.05) is 0 Å². The predicted molar refractivity (Wildman–Crippen MR) is 65.2 cm³/mol. The second-order valence-electron chi connectivity index (χ2n) is 3.78. The Kier molecular flexibility index (Phi) is 5.09. The van der Waals surface area contributed by atoms with Gasteiger partial charge >= 0.3 is 5.97 Å². The number of amides is 1. The summed E-state index contributed by atoms with van der Waals surface area (Å²) >= 11 is 5.72. The first kappa shape index (κ1) is 14.4. The maximum atomic E-state index is 12.8. The highest BCUT2D eigenvalue weighted by molar-refractivity contribution is 6.33. The molecule has 98 valence electrons. The van der Waals surface area contributed by atoms with Gasteiger partial charge in [-0.3, -0.25) is 4.79 Å². The van der Waals surface area contributed by atoms with E-state index in [1.54, 1.807) is 0 Å². The van der Waals surface area contributed by atoms with Crippen molar-refractivity contribution in [3.63, 3.8) is 0 Å². The Labute approximate surface area is 109 Å². The van der Waals surface area contributed by atoms with Gasteiger partial charge in [0.05, 0.1) is 10.6 Å². The summed E-state index contributed by atoms with van der Waals surface area (Å²) in [4.78, 5) is 22.7. The number of aliphatic carboxylic acids is 1. The van der Waals surface area contributed by atoms with Gasteiger partial charge in [0.2, 0.25) is 0 Å². The van der Waals surface area contributed by atoms with Gasteiger partial charge in [0.1, 0.15) is 11.9 Å². The molecule has 0 saturated carbocycles. The van der Waals surface area contributed by atoms with E-state index in [4.69, 9.17) is 16.7 Å². The molecule has 0 fully saturated rings. The summed E-state index contributed by atoms with van der Waals surface area (Å²) in [6.45, 7) is 1.81. The topological polar surface area (TPSA) is 66.4 Å². The Hall–Kier alpha value is -1.62. The van der Waals surface area contributed by atoms with Crippen molar-refractivity contribution in [2.45, 2.75) is 25.8 Å². The average molecular weight is 274 g/mol. The Morgan fingerprint density at radius 1 is 1.50 bits per heavy atom. The number of carbonyl (C=O) groups is 2. The Balaban J connectivity index is 2.83. The van der Waals surface area contributed by atoms with E-state index in [0.29, 0.717) is 12.8 Å². The van der Waals surface area contributed by atoms with Gasteiger partial charge in [-0.15, -0.1) is 0 Å². The van der Waals surface area contributed by atoms with Crippen molar-refractivity contribution in [2.24, 2.45) is 0 Å². The zero-order valence-electron chi connectivity index (χ0n) is 9.74. The van der Waals surface area contributed by atoms with Crippen molar-refractivity contribution in [2.75, 3.05) is 0 Å². The zero-order chi connectivity index (χ0) is 13.7. The minimum atomic E-state index is -1.11. The standard InChI is InChI=1S/C12H13ClFNO3/c1-2-3-10(12(17)18)15-11(16)8-5-4-7(14)6-9(8)13/h4-6,10H,2-3H2,1H3,(H,15,16)(H,17,18)/t10-/m0/s1. The molecule has 6 heteroatoms. The molecule has 1 aromatic carbocycles. The van der Waals surface area contributed by atoms with Crippen LogP contribution in [0.5, 0.6) is 0 Å². The minimum absolute atomic E-state index is 0.0480. The monoisotopic (exact) mass is 273 g/mol. The molecule has 0 aliphatic heterocycles. The Bertz CT molecular complexity index is 465. The van der Waals surface area contributed by atoms with Crippen LogP contribution < -0.4 is 5.32 Å². The molecule has 1 aromatic rings. The van der Waals surface area contributed by atoms with Crippen LogP contribution in [0.25, 0.3) is 0 Å². The van der Waals surface area contributed by atoms with Crippen molar-refractivity contribution in [3.05, 3.63) is 34.6 Å². The van der Waals surface area contributed by atoms with Crippen LogP contribution in [0.2, 0.25) is 5.02 Å². The molecule has 2 N–H and O–H groups in total. The number of halogens is 2. The number of nitrogens with one attached hydrogen (secondary N) is 1. The highest BCUT2D eigenvalue weighted by Crippen LogP contribution is 2.17. The van der Waals surface area contributed by atoms with Gasteiger partial charge in [-0.1, -0.05) is 24.9 Å². The van der Waals surface area contributed by atoms with Gasteiger partial charge in [-0.2, -0.15) is 0 Å². The third-order valence-electron chi connectivity index (χ3n) is 2.36. The second kappa shape index (κ2) is 6.35. The quantitative estimate of drug-likeness (QED) is 0.866. The maximum Gasteiger partial charge on any atom is 0.326 e. The number of carbonyl (C=O) groups excluding carboxylic acids is 1. The van der Waals surface area contributed by atoms with Crippen LogP contribution in [0.1, 0.15) is 30.1 Å². The number of carboxylic acids is 1. The lowest BCUT2D eigenvalue weighted by atomic mass is 10.1. The number of benzene rings is 1.